The van der Waals surface area contributed by atoms with Gasteiger partial charge in [-0.3, -0.25) is 9.20 Å². The molecule has 0 fully saturated rings. The van der Waals surface area contributed by atoms with Gasteiger partial charge < -0.3 is 25.8 Å². The first-order chi connectivity index (χ1) is 22.3. The lowest BCUT2D eigenvalue weighted by atomic mass is 9.94. The van der Waals surface area contributed by atoms with Crippen LogP contribution in [0.4, 0.5) is 16.3 Å². The molecule has 0 aliphatic heterocycles. The van der Waals surface area contributed by atoms with Crippen molar-refractivity contribution < 1.29 is 19.1 Å². The van der Waals surface area contributed by atoms with Crippen LogP contribution >= 0.6 is 0 Å². The number of carbonyl (C=O) groups excluding carboxylic acids is 2. The van der Waals surface area contributed by atoms with Crippen LogP contribution in [-0.2, 0) is 16.0 Å². The molecule has 1 unspecified atom stereocenters. The van der Waals surface area contributed by atoms with E-state index >= 15 is 0 Å². The highest BCUT2D eigenvalue weighted by Gasteiger charge is 2.26. The summed E-state index contributed by atoms with van der Waals surface area (Å²) < 4.78 is 12.9. The van der Waals surface area contributed by atoms with E-state index in [-0.39, 0.29) is 24.3 Å². The maximum absolute atomic E-state index is 13.1. The number of ether oxygens (including phenoxy) is 2. The van der Waals surface area contributed by atoms with Crippen molar-refractivity contribution in [3.05, 3.63) is 90.0 Å². The van der Waals surface area contributed by atoms with Crippen molar-refractivity contribution in [3.63, 3.8) is 0 Å². The maximum Gasteiger partial charge on any atom is 0.407 e. The second kappa shape index (κ2) is 12.9. The molecule has 6 rings (SSSR count). The van der Waals surface area contributed by atoms with Crippen LogP contribution in [0.2, 0.25) is 0 Å². The third-order valence-electron chi connectivity index (χ3n) is 8.37. The number of nitrogen functional groups attached to an aromatic ring is 1. The number of amides is 2. The van der Waals surface area contributed by atoms with Gasteiger partial charge in [-0.15, -0.1) is 0 Å². The largest absolute Gasteiger partial charge is 0.497 e. The molecule has 10 heteroatoms. The Kier molecular flexibility index (Phi) is 8.61. The van der Waals surface area contributed by atoms with E-state index in [0.717, 1.165) is 56.6 Å². The number of hydrogen-bond acceptors (Lipinski definition) is 7. The Labute approximate surface area is 267 Å². The highest BCUT2D eigenvalue weighted by Crippen LogP contribution is 2.39. The van der Waals surface area contributed by atoms with Crippen molar-refractivity contribution in [3.8, 4) is 17.0 Å². The molecule has 0 saturated heterocycles. The first-order valence-corrected chi connectivity index (χ1v) is 15.5. The number of nitrogens with one attached hydrogen (secondary N) is 2. The number of nitrogens with zero attached hydrogens (tertiary/aromatic N) is 3. The molecule has 0 bridgehead atoms. The number of hydrogen-bond donors (Lipinski definition) is 3. The lowest BCUT2D eigenvalue weighted by Gasteiger charge is -2.23. The van der Waals surface area contributed by atoms with E-state index in [1.165, 1.54) is 0 Å². The van der Waals surface area contributed by atoms with Gasteiger partial charge >= 0.3 is 6.09 Å². The van der Waals surface area contributed by atoms with Crippen LogP contribution in [0.3, 0.4) is 0 Å². The number of carbonyl (C=O) groups is 2. The van der Waals surface area contributed by atoms with E-state index < -0.39 is 6.09 Å². The van der Waals surface area contributed by atoms with E-state index in [4.69, 9.17) is 20.2 Å². The summed E-state index contributed by atoms with van der Waals surface area (Å²) in [5.74, 6) is 1.92. The van der Waals surface area contributed by atoms with Crippen LogP contribution in [0.25, 0.3) is 33.1 Å². The molecular weight excluding hydrogens is 580 g/mol. The van der Waals surface area contributed by atoms with Crippen molar-refractivity contribution in [2.45, 2.75) is 51.6 Å². The number of aromatic nitrogens is 3. The lowest BCUT2D eigenvalue weighted by molar-refractivity contribution is -0.115. The molecule has 4 N–H and O–H groups in total. The molecule has 10 nitrogen and oxygen atoms in total. The topological polar surface area (TPSA) is 133 Å². The van der Waals surface area contributed by atoms with Gasteiger partial charge in [-0.2, -0.15) is 0 Å². The van der Waals surface area contributed by atoms with Gasteiger partial charge in [-0.25, -0.2) is 14.8 Å². The highest BCUT2D eigenvalue weighted by molar-refractivity contribution is 6.04. The third kappa shape index (κ3) is 5.98. The van der Waals surface area contributed by atoms with Crippen LogP contribution < -0.4 is 21.1 Å². The van der Waals surface area contributed by atoms with E-state index in [2.05, 4.69) is 46.0 Å². The zero-order valence-corrected chi connectivity index (χ0v) is 26.5. The molecule has 1 atom stereocenters. The molecular formula is C36H38N6O4. The number of methoxy groups -OCH3 is 1. The predicted molar refractivity (Wildman–Crippen MR) is 181 cm³/mol. The fourth-order valence-electron chi connectivity index (χ4n) is 6.13. The number of allylic oxidation sites excluding steroid dienone is 1. The lowest BCUT2D eigenvalue weighted by Crippen LogP contribution is -2.27. The normalized spacial score (nSPS) is 14.7. The number of fused-ring (bicyclic) bond motifs is 2. The molecule has 0 radical (unpaired) electrons. The van der Waals surface area contributed by atoms with E-state index in [1.807, 2.05) is 54.7 Å². The Balaban J connectivity index is 1.40. The van der Waals surface area contributed by atoms with Gasteiger partial charge in [0.15, 0.2) is 0 Å². The molecule has 2 aromatic heterocycles. The summed E-state index contributed by atoms with van der Waals surface area (Å²) in [4.78, 5) is 34.7. The SMILES string of the molecule is CNC(=O)OC1CC=C(c2cnc(N)c3c(-c4ccc(CC(=O)Nc5cccc(OC)c5)c5ccccc45)nc(C(C)C)n23)CC1. The van der Waals surface area contributed by atoms with Crippen molar-refractivity contribution in [1.29, 1.82) is 0 Å². The van der Waals surface area contributed by atoms with Crippen LogP contribution in [0.15, 0.2) is 72.9 Å². The molecule has 2 heterocycles. The number of anilines is 2. The Bertz CT molecular complexity index is 1980. The summed E-state index contributed by atoms with van der Waals surface area (Å²) in [5, 5.41) is 7.44. The first kappa shape index (κ1) is 30.6. The average Bonchev–Trinajstić information content (AvgIpc) is 3.47. The molecule has 0 spiro atoms. The van der Waals surface area contributed by atoms with Crippen molar-refractivity contribution in [2.75, 3.05) is 25.2 Å². The second-order valence-corrected chi connectivity index (χ2v) is 11.7. The maximum atomic E-state index is 13.1. The average molecular weight is 619 g/mol. The zero-order valence-electron chi connectivity index (χ0n) is 26.5. The van der Waals surface area contributed by atoms with Gasteiger partial charge in [0.2, 0.25) is 5.91 Å². The summed E-state index contributed by atoms with van der Waals surface area (Å²) in [7, 11) is 3.16. The predicted octanol–water partition coefficient (Wildman–Crippen LogP) is 6.74. The summed E-state index contributed by atoms with van der Waals surface area (Å²) in [5.41, 5.74) is 12.7. The van der Waals surface area contributed by atoms with Gasteiger partial charge in [0.1, 0.15) is 34.7 Å². The van der Waals surface area contributed by atoms with Crippen LogP contribution in [-0.4, -0.2) is 46.6 Å². The minimum Gasteiger partial charge on any atom is -0.497 e. The molecule has 3 aromatic carbocycles. The van der Waals surface area contributed by atoms with Gasteiger partial charge in [-0.1, -0.05) is 62.4 Å². The second-order valence-electron chi connectivity index (χ2n) is 11.7. The fraction of sp³-hybridized carbons (Fsp3) is 0.278. The van der Waals surface area contributed by atoms with E-state index in [1.54, 1.807) is 20.2 Å². The summed E-state index contributed by atoms with van der Waals surface area (Å²) in [6.07, 6.45) is 5.59. The van der Waals surface area contributed by atoms with Gasteiger partial charge in [0.25, 0.3) is 0 Å². The van der Waals surface area contributed by atoms with Crippen molar-refractivity contribution >= 4 is 45.4 Å². The van der Waals surface area contributed by atoms with E-state index in [9.17, 15) is 9.59 Å². The van der Waals surface area contributed by atoms with Crippen molar-refractivity contribution in [1.82, 2.24) is 19.7 Å². The Morgan fingerprint density at radius 3 is 2.61 bits per heavy atom. The van der Waals surface area contributed by atoms with Crippen LogP contribution in [0.1, 0.15) is 56.1 Å². The Hall–Kier alpha value is -5.38. The van der Waals surface area contributed by atoms with Crippen LogP contribution in [0, 0.1) is 0 Å². The molecule has 1 aliphatic rings. The molecule has 1 aliphatic carbocycles. The first-order valence-electron chi connectivity index (χ1n) is 15.5. The monoisotopic (exact) mass is 618 g/mol. The summed E-state index contributed by atoms with van der Waals surface area (Å²) in [6.45, 7) is 4.23. The van der Waals surface area contributed by atoms with Crippen LogP contribution in [0.5, 0.6) is 5.75 Å². The number of imidazole rings is 1. The number of alkyl carbamates (subject to hydrolysis) is 1. The van der Waals surface area contributed by atoms with E-state index in [0.29, 0.717) is 30.1 Å². The van der Waals surface area contributed by atoms with Crippen molar-refractivity contribution in [2.24, 2.45) is 0 Å². The number of rotatable bonds is 8. The Morgan fingerprint density at radius 1 is 1.09 bits per heavy atom. The smallest absolute Gasteiger partial charge is 0.407 e. The van der Waals surface area contributed by atoms with Gasteiger partial charge in [0, 0.05) is 36.7 Å². The zero-order chi connectivity index (χ0) is 32.4. The van der Waals surface area contributed by atoms with Gasteiger partial charge in [0.05, 0.1) is 25.4 Å². The van der Waals surface area contributed by atoms with Gasteiger partial charge in [-0.05, 0) is 46.9 Å². The molecule has 0 saturated carbocycles. The minimum atomic E-state index is -0.421. The number of benzene rings is 3. The number of nitrogens with two attached hydrogens (primary N) is 1. The molecule has 46 heavy (non-hydrogen) atoms. The fourth-order valence-corrected chi connectivity index (χ4v) is 6.13. The standard InChI is InChI=1S/C36H38N6O4/c1-21(2)35-41-32(33-34(37)39-20-30(42(33)35)22-12-15-25(16-13-22)46-36(44)38-3)29-17-14-23(27-10-5-6-11-28(27)29)18-31(43)40-24-8-7-9-26(19-24)45-4/h5-12,14,17,19-21,25H,13,15-16,18H2,1-4H3,(H2,37,39)(H,38,44)(H,40,43). The quantitative estimate of drug-likeness (QED) is 0.175. The Morgan fingerprint density at radius 2 is 1.89 bits per heavy atom. The highest BCUT2D eigenvalue weighted by atomic mass is 16.6. The minimum absolute atomic E-state index is 0.0983. The summed E-state index contributed by atoms with van der Waals surface area (Å²) >= 11 is 0. The molecule has 236 valence electrons. The molecule has 5 aromatic rings. The third-order valence-corrected chi connectivity index (χ3v) is 8.37. The summed E-state index contributed by atoms with van der Waals surface area (Å²) in [6, 6.07) is 19.4. The molecule has 2 amide bonds.